The highest BCUT2D eigenvalue weighted by Gasteiger charge is 2.57. The van der Waals surface area contributed by atoms with Gasteiger partial charge in [0.05, 0.1) is 17.6 Å². The normalized spacial score (nSPS) is 16.5. The third kappa shape index (κ3) is 3.96. The van der Waals surface area contributed by atoms with Gasteiger partial charge in [0.15, 0.2) is 11.3 Å². The quantitative estimate of drug-likeness (QED) is 0.398. The summed E-state index contributed by atoms with van der Waals surface area (Å²) in [6.45, 7) is 0.474. The lowest BCUT2D eigenvalue weighted by molar-refractivity contribution is -0.137. The van der Waals surface area contributed by atoms with E-state index in [2.05, 4.69) is 25.8 Å². The molecule has 11 heteroatoms. The molecule has 1 spiro atoms. The highest BCUT2D eigenvalue weighted by atomic mass is 16.5. The van der Waals surface area contributed by atoms with Crippen molar-refractivity contribution in [2.75, 3.05) is 11.4 Å². The van der Waals surface area contributed by atoms with Gasteiger partial charge in [0.2, 0.25) is 5.88 Å². The maximum atomic E-state index is 12.6. The first kappa shape index (κ1) is 22.4. The van der Waals surface area contributed by atoms with Crippen LogP contribution < -0.4 is 20.3 Å². The molecule has 6 rings (SSSR count). The first-order chi connectivity index (χ1) is 18.0. The standard InChI is InChI=1S/C26H20N6O5/c33-23-26(24(34)30-25(35)29-23)11-3-13-32(26)17-7-10-22(28-15-17)36-18-8-5-16(6-9-18)21-14-20(31-37-21)19-4-1-2-12-27-19/h1-2,4-10,12,14-15H,3,11,13H2,(H2,29,30,33,34,35). The summed E-state index contributed by atoms with van der Waals surface area (Å²) in [7, 11) is 0. The smallest absolute Gasteiger partial charge is 0.328 e. The Labute approximate surface area is 210 Å². The summed E-state index contributed by atoms with van der Waals surface area (Å²) < 4.78 is 11.3. The second-order valence-corrected chi connectivity index (χ2v) is 8.63. The van der Waals surface area contributed by atoms with Crippen LogP contribution in [0.25, 0.3) is 22.7 Å². The Bertz CT molecular complexity index is 1460. The van der Waals surface area contributed by atoms with E-state index in [9.17, 15) is 14.4 Å². The molecule has 11 nitrogen and oxygen atoms in total. The summed E-state index contributed by atoms with van der Waals surface area (Å²) in [4.78, 5) is 47.1. The van der Waals surface area contributed by atoms with Gasteiger partial charge in [-0.1, -0.05) is 11.2 Å². The van der Waals surface area contributed by atoms with Crippen molar-refractivity contribution in [1.82, 2.24) is 25.8 Å². The molecule has 0 radical (unpaired) electrons. The number of hydrogen-bond acceptors (Lipinski definition) is 9. The molecule has 2 fully saturated rings. The third-order valence-corrected chi connectivity index (χ3v) is 6.42. The monoisotopic (exact) mass is 496 g/mol. The van der Waals surface area contributed by atoms with E-state index in [0.717, 1.165) is 11.3 Å². The molecular formula is C26H20N6O5. The number of anilines is 1. The van der Waals surface area contributed by atoms with E-state index >= 15 is 0 Å². The zero-order valence-corrected chi connectivity index (χ0v) is 19.4. The van der Waals surface area contributed by atoms with E-state index < -0.39 is 23.4 Å². The molecular weight excluding hydrogens is 476 g/mol. The number of amides is 4. The first-order valence-electron chi connectivity index (χ1n) is 11.6. The van der Waals surface area contributed by atoms with Crippen LogP contribution in [-0.4, -0.2) is 45.1 Å². The molecule has 2 aliphatic heterocycles. The molecule has 4 amide bonds. The van der Waals surface area contributed by atoms with Crippen LogP contribution in [0.15, 0.2) is 77.6 Å². The molecule has 3 aromatic heterocycles. The van der Waals surface area contributed by atoms with Crippen LogP contribution in [-0.2, 0) is 9.59 Å². The van der Waals surface area contributed by atoms with Crippen LogP contribution in [0.4, 0.5) is 10.5 Å². The Morgan fingerprint density at radius 2 is 1.73 bits per heavy atom. The minimum absolute atomic E-state index is 0.303. The number of carbonyl (C=O) groups excluding carboxylic acids is 3. The molecule has 0 aliphatic carbocycles. The molecule has 0 bridgehead atoms. The summed E-state index contributed by atoms with van der Waals surface area (Å²) in [5.74, 6) is 0.257. The molecule has 2 N–H and O–H groups in total. The van der Waals surface area contributed by atoms with E-state index in [1.807, 2.05) is 36.4 Å². The molecule has 0 unspecified atom stereocenters. The summed E-state index contributed by atoms with van der Waals surface area (Å²) in [6, 6.07) is 17.3. The van der Waals surface area contributed by atoms with Crippen molar-refractivity contribution in [3.05, 3.63) is 73.1 Å². The summed E-state index contributed by atoms with van der Waals surface area (Å²) >= 11 is 0. The van der Waals surface area contributed by atoms with Gasteiger partial charge in [-0.15, -0.1) is 0 Å². The predicted octanol–water partition coefficient (Wildman–Crippen LogP) is 3.30. The van der Waals surface area contributed by atoms with Crippen molar-refractivity contribution in [1.29, 1.82) is 0 Å². The lowest BCUT2D eigenvalue weighted by atomic mass is 9.92. The van der Waals surface area contributed by atoms with E-state index in [-0.39, 0.29) is 0 Å². The van der Waals surface area contributed by atoms with Gasteiger partial charge in [-0.2, -0.15) is 0 Å². The Morgan fingerprint density at radius 3 is 2.43 bits per heavy atom. The molecule has 2 saturated heterocycles. The fourth-order valence-corrected chi connectivity index (χ4v) is 4.63. The molecule has 0 saturated carbocycles. The number of barbiturate groups is 1. The second-order valence-electron chi connectivity index (χ2n) is 8.63. The topological polar surface area (TPSA) is 140 Å². The average molecular weight is 496 g/mol. The highest BCUT2D eigenvalue weighted by Crippen LogP contribution is 2.36. The van der Waals surface area contributed by atoms with E-state index in [0.29, 0.717) is 48.2 Å². The molecule has 37 heavy (non-hydrogen) atoms. The zero-order chi connectivity index (χ0) is 25.4. The van der Waals surface area contributed by atoms with E-state index in [1.54, 1.807) is 41.6 Å². The minimum Gasteiger partial charge on any atom is -0.439 e. The van der Waals surface area contributed by atoms with E-state index in [4.69, 9.17) is 9.26 Å². The summed E-state index contributed by atoms with van der Waals surface area (Å²) in [5, 5.41) is 8.49. The van der Waals surface area contributed by atoms with Crippen LogP contribution in [0, 0.1) is 0 Å². The van der Waals surface area contributed by atoms with Gasteiger partial charge in [0, 0.05) is 30.4 Å². The van der Waals surface area contributed by atoms with Gasteiger partial charge in [0.25, 0.3) is 11.8 Å². The lowest BCUT2D eigenvalue weighted by Crippen LogP contribution is -2.71. The van der Waals surface area contributed by atoms with Crippen molar-refractivity contribution in [3.63, 3.8) is 0 Å². The summed E-state index contributed by atoms with van der Waals surface area (Å²) in [6.07, 6.45) is 4.16. The van der Waals surface area contributed by atoms with Crippen LogP contribution in [0.5, 0.6) is 11.6 Å². The maximum Gasteiger partial charge on any atom is 0.328 e. The molecule has 5 heterocycles. The number of benzene rings is 1. The van der Waals surface area contributed by atoms with Gasteiger partial charge in [-0.3, -0.25) is 25.2 Å². The number of nitrogens with zero attached hydrogens (tertiary/aromatic N) is 4. The number of urea groups is 1. The van der Waals surface area contributed by atoms with Crippen LogP contribution >= 0.6 is 0 Å². The van der Waals surface area contributed by atoms with Crippen LogP contribution in [0.3, 0.4) is 0 Å². The van der Waals surface area contributed by atoms with Crippen molar-refractivity contribution in [2.24, 2.45) is 0 Å². The number of imide groups is 2. The number of aromatic nitrogens is 3. The Kier molecular flexibility index (Phi) is 5.37. The highest BCUT2D eigenvalue weighted by molar-refractivity contribution is 6.24. The maximum absolute atomic E-state index is 12.6. The Hall–Kier alpha value is -5.06. The SMILES string of the molecule is O=C1NC(=O)C2(CCCN2c2ccc(Oc3ccc(-c4cc(-c5ccccn5)no4)cc3)nc2)C(=O)N1. The number of ether oxygens (including phenoxy) is 1. The number of carbonyl (C=O) groups is 3. The van der Waals surface area contributed by atoms with Gasteiger partial charge in [-0.05, 0) is 55.3 Å². The fraction of sp³-hybridized carbons (Fsp3) is 0.154. The minimum atomic E-state index is -1.47. The largest absolute Gasteiger partial charge is 0.439 e. The van der Waals surface area contributed by atoms with Crippen molar-refractivity contribution >= 4 is 23.5 Å². The molecule has 4 aromatic rings. The average Bonchev–Trinajstić information content (AvgIpc) is 3.58. The van der Waals surface area contributed by atoms with E-state index in [1.165, 1.54) is 0 Å². The van der Waals surface area contributed by atoms with Crippen molar-refractivity contribution in [3.8, 4) is 34.3 Å². The predicted molar refractivity (Wildman–Crippen MR) is 130 cm³/mol. The molecule has 2 aliphatic rings. The zero-order valence-electron chi connectivity index (χ0n) is 19.4. The van der Waals surface area contributed by atoms with Gasteiger partial charge in [0.1, 0.15) is 11.4 Å². The number of hydrogen-bond donors (Lipinski definition) is 2. The van der Waals surface area contributed by atoms with Crippen molar-refractivity contribution in [2.45, 2.75) is 18.4 Å². The Morgan fingerprint density at radius 1 is 0.919 bits per heavy atom. The molecule has 0 atom stereocenters. The fourth-order valence-electron chi connectivity index (χ4n) is 4.63. The number of nitrogens with one attached hydrogen (secondary N) is 2. The third-order valence-electron chi connectivity index (χ3n) is 6.42. The lowest BCUT2D eigenvalue weighted by Gasteiger charge is -2.38. The van der Waals surface area contributed by atoms with Gasteiger partial charge < -0.3 is 14.2 Å². The first-order valence-corrected chi connectivity index (χ1v) is 11.6. The van der Waals surface area contributed by atoms with Crippen LogP contribution in [0.2, 0.25) is 0 Å². The number of pyridine rings is 2. The molecule has 1 aromatic carbocycles. The van der Waals surface area contributed by atoms with Crippen molar-refractivity contribution < 1.29 is 23.6 Å². The van der Waals surface area contributed by atoms with Gasteiger partial charge in [-0.25, -0.2) is 9.78 Å². The van der Waals surface area contributed by atoms with Crippen LogP contribution in [0.1, 0.15) is 12.8 Å². The Balaban J connectivity index is 1.16. The molecule has 184 valence electrons. The second kappa shape index (κ2) is 8.86. The summed E-state index contributed by atoms with van der Waals surface area (Å²) in [5.41, 5.74) is 1.31. The van der Waals surface area contributed by atoms with Gasteiger partial charge >= 0.3 is 6.03 Å². The number of rotatable bonds is 5.